The van der Waals surface area contributed by atoms with Crippen LogP contribution in [0.3, 0.4) is 0 Å². The van der Waals surface area contributed by atoms with Crippen LogP contribution < -0.4 is 4.74 Å². The summed E-state index contributed by atoms with van der Waals surface area (Å²) in [5.74, 6) is 2.86. The van der Waals surface area contributed by atoms with Crippen LogP contribution in [-0.4, -0.2) is 19.3 Å². The second-order valence-corrected chi connectivity index (χ2v) is 15.3. The number of benzene rings is 4. The second kappa shape index (κ2) is 16.3. The largest absolute Gasteiger partial charge is 2.00 e. The molecule has 0 aliphatic rings. The minimum absolute atomic E-state index is 0. The van der Waals surface area contributed by atoms with E-state index in [1.807, 2.05) is 35.1 Å². The molecular weight excluding hydrogens is 832 g/mol. The first kappa shape index (κ1) is 38.3. The molecule has 0 saturated heterocycles. The molecule has 7 rings (SSSR count). The first-order valence-electron chi connectivity index (χ1n) is 19.0. The van der Waals surface area contributed by atoms with E-state index in [1.54, 1.807) is 0 Å². The average molecular weight is 882 g/mol. The van der Waals surface area contributed by atoms with Gasteiger partial charge in [-0.05, 0) is 83.0 Å². The van der Waals surface area contributed by atoms with Gasteiger partial charge >= 0.3 is 21.1 Å². The molecule has 5 nitrogen and oxygen atoms in total. The number of aromatic nitrogens is 4. The smallest absolute Gasteiger partial charge is 0.509 e. The maximum Gasteiger partial charge on any atom is 2.00 e. The van der Waals surface area contributed by atoms with Gasteiger partial charge in [-0.2, -0.15) is 17.2 Å². The molecule has 0 saturated carbocycles. The standard InChI is InChI=1S/C47H50N4O.Pt/c1-8-41-46(34-18-11-10-12-19-34)42(9-2)51(49-41)36-20-15-21-37(30-36)52-38-23-24-39-40-28-33(17-14-13-16-32(3)4)22-25-43(40)50(44(39)31-38)45-29-35(26-27-48-45)47(5,6)7;/h10-12,15,18-29,32H,8-9,13-14,16-17H2,1-7H3;/q-2;+2. The van der Waals surface area contributed by atoms with Gasteiger partial charge in [-0.15, -0.1) is 35.7 Å². The van der Waals surface area contributed by atoms with Crippen LogP contribution in [0.4, 0.5) is 0 Å². The molecule has 0 amide bonds. The summed E-state index contributed by atoms with van der Waals surface area (Å²) < 4.78 is 10.8. The molecule has 7 aromatic rings. The summed E-state index contributed by atoms with van der Waals surface area (Å²) in [6.45, 7) is 15.7. The molecule has 0 bridgehead atoms. The quantitative estimate of drug-likeness (QED) is 0.0907. The first-order valence-corrected chi connectivity index (χ1v) is 19.0. The Kier molecular flexibility index (Phi) is 11.7. The Labute approximate surface area is 329 Å². The van der Waals surface area contributed by atoms with Crippen LogP contribution in [0.15, 0.2) is 97.2 Å². The molecule has 0 aliphatic heterocycles. The molecule has 274 valence electrons. The van der Waals surface area contributed by atoms with E-state index in [9.17, 15) is 0 Å². The maximum absolute atomic E-state index is 6.56. The second-order valence-electron chi connectivity index (χ2n) is 15.3. The summed E-state index contributed by atoms with van der Waals surface area (Å²) >= 11 is 0. The van der Waals surface area contributed by atoms with Crippen molar-refractivity contribution in [1.29, 1.82) is 0 Å². The summed E-state index contributed by atoms with van der Waals surface area (Å²) in [4.78, 5) is 4.89. The van der Waals surface area contributed by atoms with E-state index in [2.05, 4.69) is 132 Å². The summed E-state index contributed by atoms with van der Waals surface area (Å²) in [5.41, 5.74) is 10.2. The van der Waals surface area contributed by atoms with Gasteiger partial charge in [0.25, 0.3) is 0 Å². The molecule has 53 heavy (non-hydrogen) atoms. The number of unbranched alkanes of at least 4 members (excludes halogenated alkanes) is 1. The summed E-state index contributed by atoms with van der Waals surface area (Å²) in [6, 6.07) is 39.2. The third-order valence-electron chi connectivity index (χ3n) is 10.0. The van der Waals surface area contributed by atoms with Crippen LogP contribution in [0.5, 0.6) is 11.5 Å². The van der Waals surface area contributed by atoms with Crippen LogP contribution >= 0.6 is 0 Å². The number of aryl methyl sites for hydroxylation is 2. The van der Waals surface area contributed by atoms with Gasteiger partial charge in [-0.25, -0.2) is 4.98 Å². The molecule has 6 heteroatoms. The molecule has 0 spiro atoms. The topological polar surface area (TPSA) is 44.9 Å². The van der Waals surface area contributed by atoms with Crippen molar-refractivity contribution in [2.24, 2.45) is 5.92 Å². The number of fused-ring (bicyclic) bond motifs is 3. The average Bonchev–Trinajstić information content (AvgIpc) is 3.68. The molecule has 0 radical (unpaired) electrons. The van der Waals surface area contributed by atoms with Crippen molar-refractivity contribution in [1.82, 2.24) is 19.3 Å². The van der Waals surface area contributed by atoms with Crippen LogP contribution in [-0.2, 0) is 45.7 Å². The molecule has 0 unspecified atom stereocenters. The SMILES string of the molecule is CCc1nn(-c2[c-]c(Oc3[c-]c4c(cc3)c3cc(CCCCC(C)C)ccc3n4-c3cc(C(C)(C)C)ccn3)ccc2)c(CC)c1-c1ccccc1.[Pt+2]. The third-order valence-corrected chi connectivity index (χ3v) is 10.0. The number of ether oxygens (including phenoxy) is 1. The van der Waals surface area contributed by atoms with Gasteiger partial charge in [0, 0.05) is 34.5 Å². The van der Waals surface area contributed by atoms with Gasteiger partial charge in [-0.1, -0.05) is 109 Å². The van der Waals surface area contributed by atoms with Gasteiger partial charge in [0.05, 0.1) is 5.69 Å². The minimum atomic E-state index is -0.00951. The van der Waals surface area contributed by atoms with Crippen molar-refractivity contribution in [2.75, 3.05) is 0 Å². The number of hydrogen-bond acceptors (Lipinski definition) is 3. The molecule has 3 heterocycles. The van der Waals surface area contributed by atoms with E-state index in [0.717, 1.165) is 58.8 Å². The van der Waals surface area contributed by atoms with Crippen molar-refractivity contribution >= 4 is 21.8 Å². The zero-order valence-corrected chi connectivity index (χ0v) is 34.3. The molecule has 0 atom stereocenters. The van der Waals surface area contributed by atoms with E-state index in [4.69, 9.17) is 14.8 Å². The van der Waals surface area contributed by atoms with Crippen LogP contribution in [0, 0.1) is 18.1 Å². The van der Waals surface area contributed by atoms with Crippen molar-refractivity contribution < 1.29 is 25.8 Å². The van der Waals surface area contributed by atoms with E-state index in [1.165, 1.54) is 52.6 Å². The summed E-state index contributed by atoms with van der Waals surface area (Å²) in [6.07, 6.45) is 8.40. The molecule has 0 aliphatic carbocycles. The van der Waals surface area contributed by atoms with E-state index in [0.29, 0.717) is 11.5 Å². The van der Waals surface area contributed by atoms with Gasteiger partial charge in [0.2, 0.25) is 0 Å². The third kappa shape index (κ3) is 8.06. The van der Waals surface area contributed by atoms with Gasteiger partial charge in [0.1, 0.15) is 5.82 Å². The van der Waals surface area contributed by atoms with Gasteiger partial charge in [0.15, 0.2) is 0 Å². The Bertz CT molecular complexity index is 2330. The van der Waals surface area contributed by atoms with Crippen LogP contribution in [0.2, 0.25) is 0 Å². The Morgan fingerprint density at radius 2 is 1.58 bits per heavy atom. The Hall–Kier alpha value is -4.47. The predicted molar refractivity (Wildman–Crippen MR) is 215 cm³/mol. The molecule has 0 N–H and O–H groups in total. The number of pyridine rings is 1. The Morgan fingerprint density at radius 1 is 0.792 bits per heavy atom. The fourth-order valence-corrected chi connectivity index (χ4v) is 7.27. The first-order chi connectivity index (χ1) is 25.1. The van der Waals surface area contributed by atoms with Crippen LogP contribution in [0.1, 0.15) is 90.2 Å². The molecule has 3 aromatic heterocycles. The fourth-order valence-electron chi connectivity index (χ4n) is 7.27. The fraction of sp³-hybridized carbons (Fsp3) is 0.319. The Balaban J connectivity index is 0.00000481. The summed E-state index contributed by atoms with van der Waals surface area (Å²) in [5, 5.41) is 7.43. The van der Waals surface area contributed by atoms with E-state index < -0.39 is 0 Å². The van der Waals surface area contributed by atoms with Crippen LogP contribution in [0.25, 0.3) is 44.4 Å². The maximum atomic E-state index is 6.56. The van der Waals surface area contributed by atoms with E-state index in [-0.39, 0.29) is 26.5 Å². The van der Waals surface area contributed by atoms with Gasteiger partial charge < -0.3 is 9.30 Å². The predicted octanol–water partition coefficient (Wildman–Crippen LogP) is 12.2. The Morgan fingerprint density at radius 3 is 2.32 bits per heavy atom. The molecule has 4 aromatic carbocycles. The van der Waals surface area contributed by atoms with Crippen molar-refractivity contribution in [3.05, 3.63) is 132 Å². The van der Waals surface area contributed by atoms with E-state index >= 15 is 0 Å². The van der Waals surface area contributed by atoms with Crippen molar-refractivity contribution in [3.8, 4) is 34.1 Å². The van der Waals surface area contributed by atoms with Crippen molar-refractivity contribution in [3.63, 3.8) is 0 Å². The van der Waals surface area contributed by atoms with Crippen molar-refractivity contribution in [2.45, 2.75) is 92.4 Å². The number of rotatable bonds is 12. The van der Waals surface area contributed by atoms with Gasteiger partial charge in [-0.3, -0.25) is 4.68 Å². The number of hydrogen-bond donors (Lipinski definition) is 0. The molecule has 0 fully saturated rings. The monoisotopic (exact) mass is 881 g/mol. The summed E-state index contributed by atoms with van der Waals surface area (Å²) in [7, 11) is 0. The normalized spacial score (nSPS) is 11.8. The zero-order valence-electron chi connectivity index (χ0n) is 32.1. The minimum Gasteiger partial charge on any atom is -0.509 e. The molecular formula is C47H50N4OPt. The zero-order chi connectivity index (χ0) is 36.4. The number of nitrogens with zero attached hydrogens (tertiary/aromatic N) is 4.